The maximum Gasteiger partial charge on any atom is 0.268 e. The Morgan fingerprint density at radius 1 is 1.38 bits per heavy atom. The Kier molecular flexibility index (Phi) is 8.00. The van der Waals surface area contributed by atoms with Gasteiger partial charge in [0.1, 0.15) is 10.8 Å². The number of hydrogen-bond donors (Lipinski definition) is 3. The Morgan fingerprint density at radius 3 is 2.62 bits per heavy atom. The number of amides is 2. The van der Waals surface area contributed by atoms with Crippen molar-refractivity contribution in [3.8, 4) is 0 Å². The summed E-state index contributed by atoms with van der Waals surface area (Å²) < 4.78 is 27.2. The van der Waals surface area contributed by atoms with E-state index in [0.717, 1.165) is 12.8 Å². The van der Waals surface area contributed by atoms with Crippen LogP contribution in [0, 0.1) is 0 Å². The highest BCUT2D eigenvalue weighted by Gasteiger charge is 2.48. The van der Waals surface area contributed by atoms with Crippen molar-refractivity contribution in [2.75, 3.05) is 13.1 Å². The molecule has 2 unspecified atom stereocenters. The summed E-state index contributed by atoms with van der Waals surface area (Å²) in [6, 6.07) is 1.08. The lowest BCUT2D eigenvalue weighted by atomic mass is 10.0. The van der Waals surface area contributed by atoms with Gasteiger partial charge in [0.25, 0.3) is 5.91 Å². The van der Waals surface area contributed by atoms with Gasteiger partial charge in [-0.1, -0.05) is 43.0 Å². The minimum atomic E-state index is -3.75. The Balaban J connectivity index is 2.08. The van der Waals surface area contributed by atoms with Crippen molar-refractivity contribution < 1.29 is 18.0 Å². The quantitative estimate of drug-likeness (QED) is 0.545. The monoisotopic (exact) mass is 466 g/mol. The highest BCUT2D eigenvalue weighted by atomic mass is 35.5. The zero-order valence-electron chi connectivity index (χ0n) is 16.8. The minimum Gasteiger partial charge on any atom is -0.350 e. The first-order valence-corrected chi connectivity index (χ1v) is 11.9. The summed E-state index contributed by atoms with van der Waals surface area (Å²) in [6.45, 7) is 3.95. The molecule has 0 saturated carbocycles. The van der Waals surface area contributed by atoms with E-state index in [1.165, 1.54) is 17.6 Å². The van der Waals surface area contributed by atoms with E-state index in [-0.39, 0.29) is 29.0 Å². The maximum absolute atomic E-state index is 12.8. The first-order chi connectivity index (χ1) is 13.5. The summed E-state index contributed by atoms with van der Waals surface area (Å²) in [5, 5.41) is 6.13. The van der Waals surface area contributed by atoms with Gasteiger partial charge in [-0.15, -0.1) is 0 Å². The van der Waals surface area contributed by atoms with E-state index in [4.69, 9.17) is 23.2 Å². The van der Waals surface area contributed by atoms with Crippen LogP contribution >= 0.6 is 23.2 Å². The van der Waals surface area contributed by atoms with Gasteiger partial charge in [0, 0.05) is 26.2 Å². The fraction of sp³-hybridized carbons (Fsp3) is 0.667. The molecule has 3 N–H and O–H groups in total. The Bertz CT molecular complexity index is 871. The van der Waals surface area contributed by atoms with Crippen molar-refractivity contribution >= 4 is 45.0 Å². The van der Waals surface area contributed by atoms with Gasteiger partial charge in [-0.25, -0.2) is 13.1 Å². The number of halogens is 2. The molecule has 0 aliphatic carbocycles. The number of carbonyl (C=O) groups is 2. The molecule has 164 valence electrons. The van der Waals surface area contributed by atoms with Gasteiger partial charge in [0.05, 0.1) is 5.02 Å². The van der Waals surface area contributed by atoms with Crippen LogP contribution in [0.15, 0.2) is 6.07 Å². The van der Waals surface area contributed by atoms with Crippen molar-refractivity contribution in [1.82, 2.24) is 19.9 Å². The second-order valence-electron chi connectivity index (χ2n) is 7.48. The first kappa shape index (κ1) is 24.0. The molecular weight excluding hydrogens is 439 g/mol. The number of nitrogens with zero attached hydrogens (tertiary/aromatic N) is 1. The van der Waals surface area contributed by atoms with Gasteiger partial charge in [0.2, 0.25) is 15.9 Å². The van der Waals surface area contributed by atoms with Crippen molar-refractivity contribution in [2.45, 2.75) is 56.7 Å². The third kappa shape index (κ3) is 5.25. The van der Waals surface area contributed by atoms with E-state index in [2.05, 4.69) is 15.4 Å². The van der Waals surface area contributed by atoms with Gasteiger partial charge < -0.3 is 15.2 Å². The molecule has 1 aromatic heterocycles. The molecule has 0 bridgehead atoms. The molecule has 0 radical (unpaired) electrons. The molecular formula is C18H28Cl2N4O4S. The molecule has 2 heterocycles. The molecule has 11 heteroatoms. The van der Waals surface area contributed by atoms with E-state index in [0.29, 0.717) is 25.1 Å². The molecule has 1 aliphatic rings. The molecule has 1 fully saturated rings. The number of carbonyl (C=O) groups excluding carboxylic acids is 2. The summed E-state index contributed by atoms with van der Waals surface area (Å²) in [4.78, 5) is 25.3. The summed E-state index contributed by atoms with van der Waals surface area (Å²) in [7, 11) is -2.13. The molecule has 1 aromatic rings. The van der Waals surface area contributed by atoms with Crippen LogP contribution in [0.2, 0.25) is 10.2 Å². The van der Waals surface area contributed by atoms with Crippen molar-refractivity contribution in [3.05, 3.63) is 21.9 Å². The smallest absolute Gasteiger partial charge is 0.268 e. The minimum absolute atomic E-state index is 0.161. The number of aromatic nitrogens is 1. The fourth-order valence-electron chi connectivity index (χ4n) is 3.24. The highest BCUT2D eigenvalue weighted by Crippen LogP contribution is 2.27. The van der Waals surface area contributed by atoms with Crippen LogP contribution in [0.25, 0.3) is 0 Å². The molecule has 2 rings (SSSR count). The third-order valence-corrected chi connectivity index (χ3v) is 8.30. The molecule has 1 saturated heterocycles. The van der Waals surface area contributed by atoms with Crippen LogP contribution in [-0.2, 0) is 21.9 Å². The Hall–Kier alpha value is -1.29. The second-order valence-corrected chi connectivity index (χ2v) is 10.4. The largest absolute Gasteiger partial charge is 0.350 e. The standard InChI is InChI=1S/C18H28Cl2N4O4S/c1-4-5-7-12(11-21-16(25)14-10-13(19)15(20)24(14)3)23-17(26)18(2)8-6-9-22-29(18,27)28/h10,12,22H,4-9,11H2,1-3H3,(H,21,25)(H,23,26). The van der Waals surface area contributed by atoms with Gasteiger partial charge in [-0.05, 0) is 32.3 Å². The average molecular weight is 467 g/mol. The lowest BCUT2D eigenvalue weighted by Crippen LogP contribution is -2.60. The molecule has 29 heavy (non-hydrogen) atoms. The van der Waals surface area contributed by atoms with Crippen LogP contribution < -0.4 is 15.4 Å². The number of rotatable bonds is 8. The van der Waals surface area contributed by atoms with Crippen molar-refractivity contribution in [1.29, 1.82) is 0 Å². The summed E-state index contributed by atoms with van der Waals surface area (Å²) in [5.41, 5.74) is 0.298. The molecule has 0 spiro atoms. The average Bonchev–Trinajstić information content (AvgIpc) is 2.93. The van der Waals surface area contributed by atoms with E-state index in [1.807, 2.05) is 6.92 Å². The summed E-state index contributed by atoms with van der Waals surface area (Å²) in [5.74, 6) is -0.930. The second kappa shape index (κ2) is 9.68. The van der Waals surface area contributed by atoms with E-state index in [9.17, 15) is 18.0 Å². The van der Waals surface area contributed by atoms with Crippen molar-refractivity contribution in [2.24, 2.45) is 7.05 Å². The summed E-state index contributed by atoms with van der Waals surface area (Å²) >= 11 is 12.0. The molecule has 0 aromatic carbocycles. The maximum atomic E-state index is 12.8. The van der Waals surface area contributed by atoms with E-state index in [1.54, 1.807) is 7.05 Å². The van der Waals surface area contributed by atoms with E-state index >= 15 is 0 Å². The SMILES string of the molecule is CCCCC(CNC(=O)c1cc(Cl)c(Cl)n1C)NC(=O)C1(C)CCCNS1(=O)=O. The van der Waals surface area contributed by atoms with Crippen molar-refractivity contribution in [3.63, 3.8) is 0 Å². The zero-order valence-corrected chi connectivity index (χ0v) is 19.2. The molecule has 1 aliphatic heterocycles. The molecule has 2 atom stereocenters. The summed E-state index contributed by atoms with van der Waals surface area (Å²) in [6.07, 6.45) is 3.18. The number of unbranched alkanes of at least 4 members (excludes halogenated alkanes) is 1. The van der Waals surface area contributed by atoms with Gasteiger partial charge >= 0.3 is 0 Å². The van der Waals surface area contributed by atoms with E-state index < -0.39 is 26.7 Å². The highest BCUT2D eigenvalue weighted by molar-refractivity contribution is 7.91. The predicted molar refractivity (Wildman–Crippen MR) is 114 cm³/mol. The zero-order chi connectivity index (χ0) is 21.8. The lowest BCUT2D eigenvalue weighted by molar-refractivity contribution is -0.124. The van der Waals surface area contributed by atoms with Crippen LogP contribution in [-0.4, -0.2) is 48.7 Å². The molecule has 8 nitrogen and oxygen atoms in total. The van der Waals surface area contributed by atoms with Gasteiger partial charge in [-0.3, -0.25) is 9.59 Å². The van der Waals surface area contributed by atoms with Crippen LogP contribution in [0.3, 0.4) is 0 Å². The lowest BCUT2D eigenvalue weighted by Gasteiger charge is -2.33. The van der Waals surface area contributed by atoms with Crippen LogP contribution in [0.5, 0.6) is 0 Å². The normalized spacial score (nSPS) is 22.1. The number of nitrogens with one attached hydrogen (secondary N) is 3. The number of hydrogen-bond acceptors (Lipinski definition) is 4. The predicted octanol–water partition coefficient (Wildman–Crippen LogP) is 2.21. The number of sulfonamides is 1. The molecule has 2 amide bonds. The van der Waals surface area contributed by atoms with Gasteiger partial charge in [-0.2, -0.15) is 0 Å². The van der Waals surface area contributed by atoms with Gasteiger partial charge in [0.15, 0.2) is 4.75 Å². The first-order valence-electron chi connectivity index (χ1n) is 9.62. The Morgan fingerprint density at radius 2 is 2.07 bits per heavy atom. The van der Waals surface area contributed by atoms with Crippen LogP contribution in [0.4, 0.5) is 0 Å². The Labute approximate surface area is 181 Å². The topological polar surface area (TPSA) is 109 Å². The van der Waals surface area contributed by atoms with Crippen LogP contribution in [0.1, 0.15) is 56.4 Å². The fourth-order valence-corrected chi connectivity index (χ4v) is 5.07. The third-order valence-electron chi connectivity index (χ3n) is 5.30.